The second kappa shape index (κ2) is 7.36. The Morgan fingerprint density at radius 2 is 1.95 bits per heavy atom. The highest BCUT2D eigenvalue weighted by atomic mass is 16.4. The second-order valence-corrected chi connectivity index (χ2v) is 4.44. The summed E-state index contributed by atoms with van der Waals surface area (Å²) in [6, 6.07) is 7.39. The van der Waals surface area contributed by atoms with E-state index in [0.717, 1.165) is 23.6 Å². The number of carbonyl (C=O) groups is 2. The van der Waals surface area contributed by atoms with Crippen molar-refractivity contribution in [2.24, 2.45) is 5.92 Å². The first-order valence-corrected chi connectivity index (χ1v) is 6.30. The molecule has 1 unspecified atom stereocenters. The lowest BCUT2D eigenvalue weighted by atomic mass is 10.1. The molecule has 4 heteroatoms. The fourth-order valence-corrected chi connectivity index (χ4v) is 1.46. The summed E-state index contributed by atoms with van der Waals surface area (Å²) in [6.45, 7) is 4.37. The van der Waals surface area contributed by atoms with Crippen molar-refractivity contribution in [3.8, 4) is 0 Å². The first-order valence-electron chi connectivity index (χ1n) is 6.30. The van der Waals surface area contributed by atoms with E-state index in [4.69, 9.17) is 5.11 Å². The molecule has 0 saturated heterocycles. The zero-order valence-corrected chi connectivity index (χ0v) is 11.2. The fourth-order valence-electron chi connectivity index (χ4n) is 1.46. The number of benzene rings is 1. The fraction of sp³-hybridized carbons (Fsp3) is 0.333. The van der Waals surface area contributed by atoms with Crippen molar-refractivity contribution in [1.29, 1.82) is 0 Å². The van der Waals surface area contributed by atoms with Crippen LogP contribution < -0.4 is 5.32 Å². The largest absolute Gasteiger partial charge is 0.478 e. The molecule has 0 fully saturated rings. The summed E-state index contributed by atoms with van der Waals surface area (Å²) in [5, 5.41) is 11.4. The highest BCUT2D eigenvalue weighted by Crippen LogP contribution is 2.07. The first kappa shape index (κ1) is 15.0. The van der Waals surface area contributed by atoms with E-state index in [1.54, 1.807) is 0 Å². The van der Waals surface area contributed by atoms with Gasteiger partial charge in [-0.2, -0.15) is 0 Å². The number of carboxylic acid groups (broad SMARTS) is 1. The van der Waals surface area contributed by atoms with Crippen molar-refractivity contribution in [3.63, 3.8) is 0 Å². The maximum absolute atomic E-state index is 11.6. The summed E-state index contributed by atoms with van der Waals surface area (Å²) < 4.78 is 0. The SMILES string of the molecule is CCC(C)C(=O)NCc1ccc(/C=C/C(=O)O)cc1. The summed E-state index contributed by atoms with van der Waals surface area (Å²) >= 11 is 0. The zero-order chi connectivity index (χ0) is 14.3. The molecule has 0 radical (unpaired) electrons. The molecular formula is C15H19NO3. The summed E-state index contributed by atoms with van der Waals surface area (Å²) in [4.78, 5) is 22.0. The third-order valence-electron chi connectivity index (χ3n) is 2.92. The molecule has 19 heavy (non-hydrogen) atoms. The molecule has 1 aromatic rings. The highest BCUT2D eigenvalue weighted by molar-refractivity contribution is 5.85. The average Bonchev–Trinajstić information content (AvgIpc) is 2.42. The minimum absolute atomic E-state index is 0.0257. The van der Waals surface area contributed by atoms with Gasteiger partial charge in [0.25, 0.3) is 0 Å². The van der Waals surface area contributed by atoms with Gasteiger partial charge in [-0.3, -0.25) is 4.79 Å². The number of amides is 1. The molecule has 0 saturated carbocycles. The van der Waals surface area contributed by atoms with Crippen LogP contribution in [0.1, 0.15) is 31.4 Å². The molecule has 0 aliphatic rings. The summed E-state index contributed by atoms with van der Waals surface area (Å²) in [6.07, 6.45) is 3.45. The summed E-state index contributed by atoms with van der Waals surface area (Å²) in [5.74, 6) is -0.889. The molecular weight excluding hydrogens is 242 g/mol. The molecule has 102 valence electrons. The lowest BCUT2D eigenvalue weighted by molar-refractivity contribution is -0.131. The van der Waals surface area contributed by atoms with E-state index in [0.29, 0.717) is 6.54 Å². The number of nitrogens with one attached hydrogen (secondary N) is 1. The van der Waals surface area contributed by atoms with Crippen LogP contribution in [0.5, 0.6) is 0 Å². The lowest BCUT2D eigenvalue weighted by Gasteiger charge is -2.10. The number of aliphatic carboxylic acids is 1. The second-order valence-electron chi connectivity index (χ2n) is 4.44. The third kappa shape index (κ3) is 5.38. The van der Waals surface area contributed by atoms with Gasteiger partial charge in [-0.1, -0.05) is 38.1 Å². The predicted octanol–water partition coefficient (Wildman–Crippen LogP) is 2.45. The van der Waals surface area contributed by atoms with Gasteiger partial charge in [0.05, 0.1) is 0 Å². The summed E-state index contributed by atoms with van der Waals surface area (Å²) in [5.41, 5.74) is 1.81. The number of carboxylic acids is 1. The number of rotatable bonds is 6. The normalized spacial score (nSPS) is 12.3. The van der Waals surface area contributed by atoms with Crippen molar-refractivity contribution in [2.45, 2.75) is 26.8 Å². The van der Waals surface area contributed by atoms with Gasteiger partial charge in [-0.15, -0.1) is 0 Å². The van der Waals surface area contributed by atoms with Crippen LogP contribution in [0.3, 0.4) is 0 Å². The molecule has 0 aromatic heterocycles. The lowest BCUT2D eigenvalue weighted by Crippen LogP contribution is -2.28. The maximum atomic E-state index is 11.6. The van der Waals surface area contributed by atoms with Crippen molar-refractivity contribution in [2.75, 3.05) is 0 Å². The van der Waals surface area contributed by atoms with Crippen LogP contribution in [0, 0.1) is 5.92 Å². The van der Waals surface area contributed by atoms with Gasteiger partial charge < -0.3 is 10.4 Å². The summed E-state index contributed by atoms with van der Waals surface area (Å²) in [7, 11) is 0. The first-order chi connectivity index (χ1) is 9.02. The smallest absolute Gasteiger partial charge is 0.328 e. The quantitative estimate of drug-likeness (QED) is 0.773. The van der Waals surface area contributed by atoms with Gasteiger partial charge in [0, 0.05) is 18.5 Å². The highest BCUT2D eigenvalue weighted by Gasteiger charge is 2.09. The molecule has 1 aromatic carbocycles. The Hall–Kier alpha value is -2.10. The van der Waals surface area contributed by atoms with Crippen molar-refractivity contribution >= 4 is 18.0 Å². The van der Waals surface area contributed by atoms with E-state index in [-0.39, 0.29) is 11.8 Å². The molecule has 0 spiro atoms. The molecule has 1 atom stereocenters. The van der Waals surface area contributed by atoms with Gasteiger partial charge >= 0.3 is 5.97 Å². The van der Waals surface area contributed by atoms with Gasteiger partial charge in [0.2, 0.25) is 5.91 Å². The van der Waals surface area contributed by atoms with Crippen LogP contribution >= 0.6 is 0 Å². The molecule has 1 amide bonds. The Balaban J connectivity index is 2.53. The van der Waals surface area contributed by atoms with Crippen LogP contribution in [0.25, 0.3) is 6.08 Å². The van der Waals surface area contributed by atoms with E-state index in [1.807, 2.05) is 38.1 Å². The van der Waals surface area contributed by atoms with E-state index < -0.39 is 5.97 Å². The van der Waals surface area contributed by atoms with Crippen LogP contribution in [0.4, 0.5) is 0 Å². The molecule has 0 bridgehead atoms. The zero-order valence-electron chi connectivity index (χ0n) is 11.2. The van der Waals surface area contributed by atoms with Gasteiger partial charge in [0.1, 0.15) is 0 Å². The monoisotopic (exact) mass is 261 g/mol. The Morgan fingerprint density at radius 3 is 2.47 bits per heavy atom. The minimum atomic E-state index is -0.968. The van der Waals surface area contributed by atoms with E-state index in [1.165, 1.54) is 6.08 Å². The van der Waals surface area contributed by atoms with E-state index in [2.05, 4.69) is 5.32 Å². The standard InChI is InChI=1S/C15H19NO3/c1-3-11(2)15(19)16-10-13-6-4-12(5-7-13)8-9-14(17)18/h4-9,11H,3,10H2,1-2H3,(H,16,19)(H,17,18)/b9-8+. The molecule has 2 N–H and O–H groups in total. The Morgan fingerprint density at radius 1 is 1.32 bits per heavy atom. The van der Waals surface area contributed by atoms with Gasteiger partial charge in [-0.05, 0) is 23.6 Å². The van der Waals surface area contributed by atoms with Crippen LogP contribution in [-0.4, -0.2) is 17.0 Å². The maximum Gasteiger partial charge on any atom is 0.328 e. The van der Waals surface area contributed by atoms with Crippen molar-refractivity contribution in [1.82, 2.24) is 5.32 Å². The Kier molecular flexibility index (Phi) is 5.79. The van der Waals surface area contributed by atoms with Crippen molar-refractivity contribution in [3.05, 3.63) is 41.5 Å². The number of hydrogen-bond donors (Lipinski definition) is 2. The molecule has 4 nitrogen and oxygen atoms in total. The molecule has 0 heterocycles. The van der Waals surface area contributed by atoms with Crippen LogP contribution in [-0.2, 0) is 16.1 Å². The molecule has 1 rings (SSSR count). The van der Waals surface area contributed by atoms with E-state index >= 15 is 0 Å². The topological polar surface area (TPSA) is 66.4 Å². The van der Waals surface area contributed by atoms with Crippen molar-refractivity contribution < 1.29 is 14.7 Å². The molecule has 0 aliphatic carbocycles. The minimum Gasteiger partial charge on any atom is -0.478 e. The van der Waals surface area contributed by atoms with Crippen LogP contribution in [0.2, 0.25) is 0 Å². The predicted molar refractivity (Wildman–Crippen MR) is 74.4 cm³/mol. The number of carbonyl (C=O) groups excluding carboxylic acids is 1. The Labute approximate surface area is 113 Å². The Bertz CT molecular complexity index is 463. The number of hydrogen-bond acceptors (Lipinski definition) is 2. The van der Waals surface area contributed by atoms with Gasteiger partial charge in [-0.25, -0.2) is 4.79 Å². The molecule has 0 aliphatic heterocycles. The van der Waals surface area contributed by atoms with E-state index in [9.17, 15) is 9.59 Å². The third-order valence-corrected chi connectivity index (χ3v) is 2.92. The van der Waals surface area contributed by atoms with Gasteiger partial charge in [0.15, 0.2) is 0 Å². The average molecular weight is 261 g/mol. The van der Waals surface area contributed by atoms with Crippen LogP contribution in [0.15, 0.2) is 30.3 Å².